The molecule has 4 N–H and O–H groups in total. The van der Waals surface area contributed by atoms with Gasteiger partial charge in [-0.05, 0) is 31.5 Å². The third-order valence-electron chi connectivity index (χ3n) is 2.91. The molecule has 102 valence electrons. The Bertz CT molecular complexity index is 616. The molecule has 0 aliphatic rings. The van der Waals surface area contributed by atoms with Crippen molar-refractivity contribution in [1.82, 2.24) is 9.78 Å². The van der Waals surface area contributed by atoms with Gasteiger partial charge in [0.2, 0.25) is 5.88 Å². The van der Waals surface area contributed by atoms with Gasteiger partial charge in [0.1, 0.15) is 5.75 Å². The molecule has 1 heterocycles. The topological polar surface area (TPSA) is 93.3 Å². The van der Waals surface area contributed by atoms with Crippen molar-refractivity contribution in [2.24, 2.45) is 5.73 Å². The second-order valence-corrected chi connectivity index (χ2v) is 4.17. The molecule has 2 aromatic rings. The molecule has 6 heteroatoms. The molecule has 0 aliphatic heterocycles. The largest absolute Gasteiger partial charge is 0.497 e. The number of rotatable bonds is 5. The molecule has 0 amide bonds. The average Bonchev–Trinajstić information content (AvgIpc) is 2.72. The number of aromatic amines is 1. The summed E-state index contributed by atoms with van der Waals surface area (Å²) in [5.74, 6) is 0.571. The zero-order valence-corrected chi connectivity index (χ0v) is 10.7. The van der Waals surface area contributed by atoms with Crippen LogP contribution in [-0.4, -0.2) is 28.5 Å². The van der Waals surface area contributed by atoms with Gasteiger partial charge in [-0.3, -0.25) is 9.89 Å². The van der Waals surface area contributed by atoms with Gasteiger partial charge >= 0.3 is 0 Å². The number of aromatic nitrogens is 2. The maximum atomic E-state index is 11.8. The van der Waals surface area contributed by atoms with Gasteiger partial charge in [0, 0.05) is 6.07 Å². The lowest BCUT2D eigenvalue weighted by atomic mass is 10.2. The van der Waals surface area contributed by atoms with Gasteiger partial charge in [-0.2, -0.15) is 0 Å². The van der Waals surface area contributed by atoms with E-state index in [1.54, 1.807) is 31.4 Å². The number of ether oxygens (including phenoxy) is 1. The highest BCUT2D eigenvalue weighted by atomic mass is 16.5. The molecule has 0 unspecified atom stereocenters. The fourth-order valence-electron chi connectivity index (χ4n) is 1.90. The minimum Gasteiger partial charge on any atom is -0.497 e. The summed E-state index contributed by atoms with van der Waals surface area (Å²) in [7, 11) is 1.56. The molecule has 0 radical (unpaired) electrons. The Morgan fingerprint density at radius 1 is 1.47 bits per heavy atom. The fraction of sp³-hybridized carbons (Fsp3) is 0.308. The molecule has 0 bridgehead atoms. The highest BCUT2D eigenvalue weighted by molar-refractivity contribution is 5.42. The fourth-order valence-corrected chi connectivity index (χ4v) is 1.90. The van der Waals surface area contributed by atoms with Gasteiger partial charge < -0.3 is 15.6 Å². The monoisotopic (exact) mass is 263 g/mol. The average molecular weight is 263 g/mol. The van der Waals surface area contributed by atoms with Crippen LogP contribution in [0.5, 0.6) is 11.6 Å². The number of hydrogen-bond donors (Lipinski definition) is 3. The summed E-state index contributed by atoms with van der Waals surface area (Å²) < 4.78 is 6.46. The summed E-state index contributed by atoms with van der Waals surface area (Å²) in [6, 6.07) is 7.07. The predicted octanol–water partition coefficient (Wildman–Crippen LogP) is 0.771. The van der Waals surface area contributed by atoms with Crippen LogP contribution in [0.15, 0.2) is 29.1 Å². The van der Waals surface area contributed by atoms with E-state index in [9.17, 15) is 9.90 Å². The van der Waals surface area contributed by atoms with E-state index in [1.807, 2.05) is 0 Å². The Labute approximate surface area is 110 Å². The summed E-state index contributed by atoms with van der Waals surface area (Å²) in [5.41, 5.74) is 6.10. The van der Waals surface area contributed by atoms with Crippen molar-refractivity contribution in [2.75, 3.05) is 13.7 Å². The van der Waals surface area contributed by atoms with Crippen molar-refractivity contribution in [2.45, 2.75) is 12.8 Å². The molecule has 19 heavy (non-hydrogen) atoms. The molecule has 1 aromatic heterocycles. The Morgan fingerprint density at radius 2 is 2.26 bits per heavy atom. The summed E-state index contributed by atoms with van der Waals surface area (Å²) >= 11 is 0. The standard InChI is InChI=1S/C13H17N3O3/c1-19-10-5-2-4-9(8-10)16-13(18)11(6-3-7-14)12(17)15-16/h2,4-5,8,18H,3,6-7,14H2,1H3,(H,15,17). The normalized spacial score (nSPS) is 10.6. The van der Waals surface area contributed by atoms with Crippen LogP contribution < -0.4 is 16.0 Å². The van der Waals surface area contributed by atoms with Crippen molar-refractivity contribution in [1.29, 1.82) is 0 Å². The second-order valence-electron chi connectivity index (χ2n) is 4.17. The Kier molecular flexibility index (Phi) is 3.91. The first-order valence-corrected chi connectivity index (χ1v) is 6.04. The van der Waals surface area contributed by atoms with E-state index in [1.165, 1.54) is 4.68 Å². The van der Waals surface area contributed by atoms with E-state index in [2.05, 4.69) is 5.10 Å². The van der Waals surface area contributed by atoms with Crippen LogP contribution >= 0.6 is 0 Å². The van der Waals surface area contributed by atoms with E-state index in [0.717, 1.165) is 0 Å². The van der Waals surface area contributed by atoms with Crippen molar-refractivity contribution in [3.05, 3.63) is 40.2 Å². The first-order valence-electron chi connectivity index (χ1n) is 6.04. The van der Waals surface area contributed by atoms with Crippen LogP contribution in [0.3, 0.4) is 0 Å². The van der Waals surface area contributed by atoms with Crippen LogP contribution in [0, 0.1) is 0 Å². The summed E-state index contributed by atoms with van der Waals surface area (Å²) in [6.07, 6.45) is 1.10. The zero-order valence-electron chi connectivity index (χ0n) is 10.7. The molecule has 0 atom stereocenters. The van der Waals surface area contributed by atoms with Crippen molar-refractivity contribution in [3.63, 3.8) is 0 Å². The lowest BCUT2D eigenvalue weighted by molar-refractivity contribution is 0.412. The number of nitrogens with one attached hydrogen (secondary N) is 1. The number of benzene rings is 1. The Balaban J connectivity index is 2.42. The highest BCUT2D eigenvalue weighted by Crippen LogP contribution is 2.22. The lowest BCUT2D eigenvalue weighted by Gasteiger charge is -2.06. The number of H-pyrrole nitrogens is 1. The molecular weight excluding hydrogens is 246 g/mol. The first-order chi connectivity index (χ1) is 9.17. The van der Waals surface area contributed by atoms with Gasteiger partial charge in [-0.25, -0.2) is 4.68 Å². The van der Waals surface area contributed by atoms with Gasteiger partial charge in [0.15, 0.2) is 0 Å². The maximum absolute atomic E-state index is 11.8. The smallest absolute Gasteiger partial charge is 0.271 e. The molecule has 2 rings (SSSR count). The summed E-state index contributed by atoms with van der Waals surface area (Å²) in [5, 5.41) is 12.7. The molecule has 0 spiro atoms. The number of hydrogen-bond acceptors (Lipinski definition) is 4. The van der Waals surface area contributed by atoms with Crippen LogP contribution in [-0.2, 0) is 6.42 Å². The molecule has 0 saturated carbocycles. The van der Waals surface area contributed by atoms with Gasteiger partial charge in [-0.15, -0.1) is 0 Å². The van der Waals surface area contributed by atoms with E-state index in [4.69, 9.17) is 10.5 Å². The second kappa shape index (κ2) is 5.62. The number of nitrogens with two attached hydrogens (primary N) is 1. The molecule has 6 nitrogen and oxygen atoms in total. The predicted molar refractivity (Wildman–Crippen MR) is 72.0 cm³/mol. The minimum atomic E-state index is -0.297. The van der Waals surface area contributed by atoms with Gasteiger partial charge in [-0.1, -0.05) is 6.07 Å². The summed E-state index contributed by atoms with van der Waals surface area (Å²) in [6.45, 7) is 0.475. The van der Waals surface area contributed by atoms with Crippen LogP contribution in [0.25, 0.3) is 5.69 Å². The third-order valence-corrected chi connectivity index (χ3v) is 2.91. The molecular formula is C13H17N3O3. The Morgan fingerprint density at radius 3 is 2.95 bits per heavy atom. The number of methoxy groups -OCH3 is 1. The van der Waals surface area contributed by atoms with Gasteiger partial charge in [0.05, 0.1) is 18.4 Å². The Hall–Kier alpha value is -2.21. The maximum Gasteiger partial charge on any atom is 0.271 e. The van der Waals surface area contributed by atoms with E-state index in [0.29, 0.717) is 36.4 Å². The molecule has 1 aromatic carbocycles. The third kappa shape index (κ3) is 2.63. The molecule has 0 fully saturated rings. The quantitative estimate of drug-likeness (QED) is 0.742. The highest BCUT2D eigenvalue weighted by Gasteiger charge is 2.14. The SMILES string of the molecule is COc1cccc(-n2[nH]c(=O)c(CCCN)c2O)c1. The van der Waals surface area contributed by atoms with E-state index < -0.39 is 0 Å². The van der Waals surface area contributed by atoms with Crippen LogP contribution in [0.1, 0.15) is 12.0 Å². The van der Waals surface area contributed by atoms with Crippen molar-refractivity contribution in [3.8, 4) is 17.3 Å². The molecule has 0 saturated heterocycles. The summed E-state index contributed by atoms with van der Waals surface area (Å²) in [4.78, 5) is 11.8. The first kappa shape index (κ1) is 13.2. The minimum absolute atomic E-state index is 0.0771. The molecule has 0 aliphatic carbocycles. The number of nitrogens with zero attached hydrogens (tertiary/aromatic N) is 1. The van der Waals surface area contributed by atoms with Crippen LogP contribution in [0.4, 0.5) is 0 Å². The lowest BCUT2D eigenvalue weighted by Crippen LogP contribution is -2.09. The number of aromatic hydroxyl groups is 1. The van der Waals surface area contributed by atoms with E-state index >= 15 is 0 Å². The zero-order chi connectivity index (χ0) is 13.8. The van der Waals surface area contributed by atoms with Crippen molar-refractivity contribution >= 4 is 0 Å². The van der Waals surface area contributed by atoms with Gasteiger partial charge in [0.25, 0.3) is 5.56 Å². The van der Waals surface area contributed by atoms with Crippen LogP contribution in [0.2, 0.25) is 0 Å². The van der Waals surface area contributed by atoms with E-state index in [-0.39, 0.29) is 11.4 Å². The van der Waals surface area contributed by atoms with Crippen molar-refractivity contribution < 1.29 is 9.84 Å².